The van der Waals surface area contributed by atoms with Crippen LogP contribution >= 0.6 is 0 Å². The van der Waals surface area contributed by atoms with Crippen molar-refractivity contribution in [2.75, 3.05) is 4.90 Å². The van der Waals surface area contributed by atoms with E-state index in [0.29, 0.717) is 5.56 Å². The number of nitrogens with one attached hydrogen (secondary N) is 1. The number of nitrogens with zero attached hydrogens (tertiary/aromatic N) is 1. The number of carbonyl (C=O) groups excluding carboxylic acids is 2. The molecule has 0 aromatic heterocycles. The van der Waals surface area contributed by atoms with E-state index in [1.807, 2.05) is 0 Å². The third kappa shape index (κ3) is 2.72. The van der Waals surface area contributed by atoms with Crippen LogP contribution in [0.2, 0.25) is 0 Å². The molecule has 2 amide bonds. The van der Waals surface area contributed by atoms with Crippen molar-refractivity contribution >= 4 is 17.5 Å². The maximum absolute atomic E-state index is 12.8. The molecule has 21 heavy (non-hydrogen) atoms. The van der Waals surface area contributed by atoms with Crippen molar-refractivity contribution in [3.63, 3.8) is 0 Å². The zero-order chi connectivity index (χ0) is 15.9. The lowest BCUT2D eigenvalue weighted by Crippen LogP contribution is -2.61. The minimum atomic E-state index is -4.50. The molecular weight excluding hydrogens is 285 g/mol. The average molecular weight is 300 g/mol. The van der Waals surface area contributed by atoms with Crippen molar-refractivity contribution in [1.82, 2.24) is 5.32 Å². The number of alkyl halides is 3. The van der Waals surface area contributed by atoms with Gasteiger partial charge in [-0.05, 0) is 38.5 Å². The molecule has 114 valence electrons. The molecular formula is C14H15F3N2O2. The van der Waals surface area contributed by atoms with Crippen LogP contribution in [-0.2, 0) is 15.8 Å². The highest BCUT2D eigenvalue weighted by Gasteiger charge is 2.38. The zero-order valence-corrected chi connectivity index (χ0v) is 11.8. The number of amides is 2. The second kappa shape index (κ2) is 5.05. The number of carbonyl (C=O) groups is 2. The predicted molar refractivity (Wildman–Crippen MR) is 70.7 cm³/mol. The maximum Gasteiger partial charge on any atom is 0.416 e. The van der Waals surface area contributed by atoms with Crippen LogP contribution in [0.1, 0.15) is 25.0 Å². The van der Waals surface area contributed by atoms with Gasteiger partial charge in [-0.2, -0.15) is 13.2 Å². The molecule has 4 nitrogen and oxygen atoms in total. The molecule has 1 N–H and O–H groups in total. The quantitative estimate of drug-likeness (QED) is 0.865. The number of aryl methyl sites for hydroxylation is 1. The first-order valence-corrected chi connectivity index (χ1v) is 6.44. The Balaban J connectivity index is 2.53. The molecule has 0 bridgehead atoms. The molecule has 1 heterocycles. The molecule has 0 spiro atoms. The molecule has 0 saturated carbocycles. The number of hydrogen-bond donors (Lipinski definition) is 1. The van der Waals surface area contributed by atoms with Crippen molar-refractivity contribution < 1.29 is 22.8 Å². The molecule has 2 rings (SSSR count). The summed E-state index contributed by atoms with van der Waals surface area (Å²) in [5.41, 5.74) is -0.226. The molecule has 2 atom stereocenters. The Morgan fingerprint density at radius 1 is 1.19 bits per heavy atom. The second-order valence-corrected chi connectivity index (χ2v) is 5.11. The summed E-state index contributed by atoms with van der Waals surface area (Å²) >= 11 is 0. The fourth-order valence-corrected chi connectivity index (χ4v) is 2.29. The Hall–Kier alpha value is -2.05. The standard InChI is InChI=1S/C14H15F3N2O2/c1-7-4-5-10(14(15,16)17)6-11(7)19-9(3)12(20)18-8(2)13(19)21/h4-6,8-9H,1-3H3,(H,18,20). The van der Waals surface area contributed by atoms with Gasteiger partial charge in [0.25, 0.3) is 0 Å². The van der Waals surface area contributed by atoms with Crippen LogP contribution in [0.5, 0.6) is 0 Å². The molecule has 0 radical (unpaired) electrons. The minimum absolute atomic E-state index is 0.115. The number of anilines is 1. The van der Waals surface area contributed by atoms with Gasteiger partial charge in [-0.1, -0.05) is 6.07 Å². The summed E-state index contributed by atoms with van der Waals surface area (Å²) in [6.07, 6.45) is -4.50. The van der Waals surface area contributed by atoms with E-state index in [0.717, 1.165) is 17.0 Å². The van der Waals surface area contributed by atoms with Crippen molar-refractivity contribution in [2.24, 2.45) is 0 Å². The van der Waals surface area contributed by atoms with Crippen molar-refractivity contribution in [3.05, 3.63) is 29.3 Å². The largest absolute Gasteiger partial charge is 0.416 e. The Labute approximate surface area is 119 Å². The van der Waals surface area contributed by atoms with Crippen LogP contribution in [0.3, 0.4) is 0 Å². The fraction of sp³-hybridized carbons (Fsp3) is 0.429. The van der Waals surface area contributed by atoms with Gasteiger partial charge in [0.05, 0.1) is 5.56 Å². The van der Waals surface area contributed by atoms with Crippen LogP contribution in [0.15, 0.2) is 18.2 Å². The molecule has 0 aliphatic carbocycles. The summed E-state index contributed by atoms with van der Waals surface area (Å²) in [5.74, 6) is -0.816. The van der Waals surface area contributed by atoms with Gasteiger partial charge in [0.2, 0.25) is 11.8 Å². The summed E-state index contributed by atoms with van der Waals surface area (Å²) < 4.78 is 38.5. The highest BCUT2D eigenvalue weighted by Crippen LogP contribution is 2.34. The number of piperazine rings is 1. The smallest absolute Gasteiger partial charge is 0.343 e. The predicted octanol–water partition coefficient (Wildman–Crippen LogP) is 2.25. The van der Waals surface area contributed by atoms with Crippen LogP contribution in [0.25, 0.3) is 0 Å². The minimum Gasteiger partial charge on any atom is -0.343 e. The average Bonchev–Trinajstić information content (AvgIpc) is 2.37. The van der Waals surface area contributed by atoms with Gasteiger partial charge in [-0.15, -0.1) is 0 Å². The maximum atomic E-state index is 12.8. The lowest BCUT2D eigenvalue weighted by atomic mass is 10.0. The third-order valence-electron chi connectivity index (χ3n) is 3.53. The van der Waals surface area contributed by atoms with E-state index in [4.69, 9.17) is 0 Å². The molecule has 1 aliphatic rings. The van der Waals surface area contributed by atoms with Crippen LogP contribution < -0.4 is 10.2 Å². The summed E-state index contributed by atoms with van der Waals surface area (Å²) in [5, 5.41) is 2.49. The topological polar surface area (TPSA) is 49.4 Å². The van der Waals surface area contributed by atoms with E-state index in [1.165, 1.54) is 19.9 Å². The summed E-state index contributed by atoms with van der Waals surface area (Å²) in [4.78, 5) is 25.2. The van der Waals surface area contributed by atoms with Gasteiger partial charge in [0.1, 0.15) is 12.1 Å². The van der Waals surface area contributed by atoms with Crippen molar-refractivity contribution in [2.45, 2.75) is 39.0 Å². The van der Waals surface area contributed by atoms with Gasteiger partial charge in [0.15, 0.2) is 0 Å². The molecule has 1 fully saturated rings. The first-order chi connectivity index (χ1) is 9.62. The number of rotatable bonds is 1. The first-order valence-electron chi connectivity index (χ1n) is 6.44. The lowest BCUT2D eigenvalue weighted by molar-refractivity contribution is -0.137. The van der Waals surface area contributed by atoms with Crippen LogP contribution in [0, 0.1) is 6.92 Å². The van der Waals surface area contributed by atoms with Gasteiger partial charge in [-0.25, -0.2) is 0 Å². The monoisotopic (exact) mass is 300 g/mol. The number of benzene rings is 1. The first kappa shape index (κ1) is 15.3. The Kier molecular flexibility index (Phi) is 3.69. The van der Waals surface area contributed by atoms with E-state index < -0.39 is 29.7 Å². The molecule has 7 heteroatoms. The normalized spacial score (nSPS) is 23.2. The van der Waals surface area contributed by atoms with E-state index >= 15 is 0 Å². The van der Waals surface area contributed by atoms with Gasteiger partial charge in [0, 0.05) is 5.69 Å². The van der Waals surface area contributed by atoms with Crippen LogP contribution in [-0.4, -0.2) is 23.9 Å². The van der Waals surface area contributed by atoms with E-state index in [9.17, 15) is 22.8 Å². The van der Waals surface area contributed by atoms with Crippen molar-refractivity contribution in [1.29, 1.82) is 0 Å². The van der Waals surface area contributed by atoms with Gasteiger partial charge < -0.3 is 5.32 Å². The van der Waals surface area contributed by atoms with Gasteiger partial charge >= 0.3 is 6.18 Å². The SMILES string of the molecule is Cc1ccc(C(F)(F)F)cc1N1C(=O)C(C)NC(=O)C1C. The Bertz CT molecular complexity index is 598. The Morgan fingerprint density at radius 3 is 2.38 bits per heavy atom. The Morgan fingerprint density at radius 2 is 1.81 bits per heavy atom. The third-order valence-corrected chi connectivity index (χ3v) is 3.53. The summed E-state index contributed by atoms with van der Waals surface area (Å²) in [7, 11) is 0. The summed E-state index contributed by atoms with van der Waals surface area (Å²) in [6.45, 7) is 4.59. The highest BCUT2D eigenvalue weighted by molar-refractivity contribution is 6.08. The number of hydrogen-bond acceptors (Lipinski definition) is 2. The summed E-state index contributed by atoms with van der Waals surface area (Å²) in [6, 6.07) is 1.56. The molecule has 2 unspecified atom stereocenters. The van der Waals surface area contributed by atoms with Gasteiger partial charge in [-0.3, -0.25) is 14.5 Å². The molecule has 1 aromatic carbocycles. The zero-order valence-electron chi connectivity index (χ0n) is 11.8. The van der Waals surface area contributed by atoms with E-state index in [-0.39, 0.29) is 11.6 Å². The number of halogens is 3. The lowest BCUT2D eigenvalue weighted by Gasteiger charge is -2.37. The fourth-order valence-electron chi connectivity index (χ4n) is 2.29. The van der Waals surface area contributed by atoms with Crippen molar-refractivity contribution in [3.8, 4) is 0 Å². The highest BCUT2D eigenvalue weighted by atomic mass is 19.4. The molecule has 1 aromatic rings. The van der Waals surface area contributed by atoms with Crippen LogP contribution in [0.4, 0.5) is 18.9 Å². The second-order valence-electron chi connectivity index (χ2n) is 5.11. The van der Waals surface area contributed by atoms with E-state index in [1.54, 1.807) is 6.92 Å². The van der Waals surface area contributed by atoms with E-state index in [2.05, 4.69) is 5.32 Å². The molecule has 1 saturated heterocycles. The molecule has 1 aliphatic heterocycles.